The summed E-state index contributed by atoms with van der Waals surface area (Å²) in [6.45, 7) is 0. The van der Waals surface area contributed by atoms with Gasteiger partial charge >= 0.3 is 0 Å². The van der Waals surface area contributed by atoms with Crippen LogP contribution in [0.5, 0.6) is 0 Å². The standard InChI is InChI=1S/C13H9BrN2.C8H7BrO.C5H5BrN2/c14-11-6-7-16-9-12(15-13(16)8-11)10-4-2-1-3-5-10;9-6-8(10)7-4-2-1-3-5-7;6-4-1-2-8-5(7)3-4/h1-9H;1-5H,6H2;1-3H,(H2,7,8). The average Bonchev–Trinajstić information content (AvgIpc) is 3.29. The molecule has 8 heteroatoms. The second kappa shape index (κ2) is 13.2. The lowest BCUT2D eigenvalue weighted by atomic mass is 10.2. The Morgan fingerprint density at radius 3 is 2.12 bits per heavy atom. The predicted octanol–water partition coefficient (Wildman–Crippen LogP) is 7.45. The molecule has 0 spiro atoms. The van der Waals surface area contributed by atoms with Gasteiger partial charge in [-0.3, -0.25) is 4.79 Å². The van der Waals surface area contributed by atoms with Crippen molar-refractivity contribution < 1.29 is 4.79 Å². The zero-order valence-corrected chi connectivity index (χ0v) is 22.7. The van der Waals surface area contributed by atoms with Gasteiger partial charge in [-0.25, -0.2) is 9.97 Å². The van der Waals surface area contributed by atoms with E-state index >= 15 is 0 Å². The van der Waals surface area contributed by atoms with Crippen molar-refractivity contribution in [3.8, 4) is 11.3 Å². The van der Waals surface area contributed by atoms with Crippen LogP contribution in [-0.4, -0.2) is 25.5 Å². The number of nitrogens with two attached hydrogens (primary N) is 1. The highest BCUT2D eigenvalue weighted by molar-refractivity contribution is 9.10. The fraction of sp³-hybridized carbons (Fsp3) is 0.0385. The zero-order chi connectivity index (χ0) is 24.3. The number of rotatable bonds is 3. The van der Waals surface area contributed by atoms with Crippen LogP contribution in [0.2, 0.25) is 0 Å². The molecule has 0 saturated heterocycles. The van der Waals surface area contributed by atoms with Crippen molar-refractivity contribution in [2.24, 2.45) is 0 Å². The SMILES string of the molecule is Brc1ccn2cc(-c3ccccc3)nc2c1.Nc1cc(Br)ccn1.O=C(CBr)c1ccccc1. The minimum atomic E-state index is 0.126. The maximum atomic E-state index is 11.0. The monoisotopic (exact) mass is 642 g/mol. The average molecular weight is 645 g/mol. The summed E-state index contributed by atoms with van der Waals surface area (Å²) in [6, 6.07) is 27.0. The fourth-order valence-corrected chi connectivity index (χ4v) is 3.83. The molecule has 0 bridgehead atoms. The molecule has 5 rings (SSSR count). The molecule has 0 unspecified atom stereocenters. The van der Waals surface area contributed by atoms with Gasteiger partial charge < -0.3 is 10.1 Å². The number of hydrogen-bond acceptors (Lipinski definition) is 4. The van der Waals surface area contributed by atoms with Crippen LogP contribution in [-0.2, 0) is 0 Å². The molecule has 0 aliphatic heterocycles. The first-order valence-corrected chi connectivity index (χ1v) is 12.9. The summed E-state index contributed by atoms with van der Waals surface area (Å²) in [4.78, 5) is 19.3. The maximum absolute atomic E-state index is 11.0. The largest absolute Gasteiger partial charge is 0.384 e. The molecule has 5 nitrogen and oxygen atoms in total. The molecule has 0 aliphatic rings. The van der Waals surface area contributed by atoms with Crippen molar-refractivity contribution >= 4 is 65.0 Å². The first-order valence-electron chi connectivity index (χ1n) is 10.2. The van der Waals surface area contributed by atoms with Crippen LogP contribution in [0.4, 0.5) is 5.82 Å². The Balaban J connectivity index is 0.000000155. The lowest BCUT2D eigenvalue weighted by molar-refractivity contribution is 0.102. The molecule has 3 aromatic heterocycles. The number of ketones is 1. The third-order valence-corrected chi connectivity index (χ3v) is 5.95. The van der Waals surface area contributed by atoms with E-state index in [2.05, 4.69) is 69.9 Å². The van der Waals surface area contributed by atoms with Gasteiger partial charge in [0.2, 0.25) is 0 Å². The Kier molecular flexibility index (Phi) is 10.00. The lowest BCUT2D eigenvalue weighted by Gasteiger charge is -1.92. The first kappa shape index (κ1) is 25.8. The molecule has 2 N–H and O–H groups in total. The lowest BCUT2D eigenvalue weighted by Crippen LogP contribution is -1.98. The maximum Gasteiger partial charge on any atom is 0.173 e. The number of nitrogens with zero attached hydrogens (tertiary/aromatic N) is 3. The highest BCUT2D eigenvalue weighted by Gasteiger charge is 2.03. The van der Waals surface area contributed by atoms with E-state index in [4.69, 9.17) is 5.73 Å². The smallest absolute Gasteiger partial charge is 0.173 e. The van der Waals surface area contributed by atoms with Crippen molar-refractivity contribution in [2.45, 2.75) is 0 Å². The highest BCUT2D eigenvalue weighted by Crippen LogP contribution is 2.20. The molecule has 3 heterocycles. The predicted molar refractivity (Wildman–Crippen MR) is 149 cm³/mol. The van der Waals surface area contributed by atoms with E-state index in [1.54, 1.807) is 12.3 Å². The highest BCUT2D eigenvalue weighted by atomic mass is 79.9. The van der Waals surface area contributed by atoms with Gasteiger partial charge in [0.25, 0.3) is 0 Å². The van der Waals surface area contributed by atoms with Crippen molar-refractivity contribution in [1.82, 2.24) is 14.4 Å². The van der Waals surface area contributed by atoms with E-state index < -0.39 is 0 Å². The summed E-state index contributed by atoms with van der Waals surface area (Å²) in [7, 11) is 0. The fourth-order valence-electron chi connectivity index (χ4n) is 2.83. The van der Waals surface area contributed by atoms with Gasteiger partial charge in [-0.15, -0.1) is 0 Å². The van der Waals surface area contributed by atoms with Crippen molar-refractivity contribution in [3.63, 3.8) is 0 Å². The third kappa shape index (κ3) is 7.90. The van der Waals surface area contributed by atoms with Crippen LogP contribution in [0, 0.1) is 0 Å². The van der Waals surface area contributed by atoms with E-state index in [0.717, 1.165) is 31.4 Å². The van der Waals surface area contributed by atoms with Gasteiger partial charge in [0, 0.05) is 38.7 Å². The van der Waals surface area contributed by atoms with Gasteiger partial charge in [-0.1, -0.05) is 108 Å². The molecule has 172 valence electrons. The molecule has 5 aromatic rings. The van der Waals surface area contributed by atoms with Crippen LogP contribution in [0.3, 0.4) is 0 Å². The van der Waals surface area contributed by atoms with Crippen LogP contribution in [0.25, 0.3) is 16.9 Å². The van der Waals surface area contributed by atoms with Gasteiger partial charge in [0.05, 0.1) is 11.0 Å². The Morgan fingerprint density at radius 2 is 1.53 bits per heavy atom. The first-order chi connectivity index (χ1) is 16.5. The van der Waals surface area contributed by atoms with Crippen molar-refractivity contribution in [2.75, 3.05) is 11.1 Å². The van der Waals surface area contributed by atoms with E-state index in [-0.39, 0.29) is 5.78 Å². The summed E-state index contributed by atoms with van der Waals surface area (Å²) in [5, 5.41) is 0.400. The summed E-state index contributed by atoms with van der Waals surface area (Å²) in [5.41, 5.74) is 9.17. The number of alkyl halides is 1. The van der Waals surface area contributed by atoms with Crippen LogP contribution >= 0.6 is 47.8 Å². The van der Waals surface area contributed by atoms with Crippen LogP contribution in [0.15, 0.2) is 112 Å². The molecule has 2 aromatic carbocycles. The van der Waals surface area contributed by atoms with Crippen molar-refractivity contribution in [1.29, 1.82) is 0 Å². The normalized spacial score (nSPS) is 9.97. The van der Waals surface area contributed by atoms with E-state index in [1.165, 1.54) is 0 Å². The minimum Gasteiger partial charge on any atom is -0.384 e. The summed E-state index contributed by atoms with van der Waals surface area (Å²) in [5.74, 6) is 0.667. The molecule has 0 fully saturated rings. The molecule has 0 aliphatic carbocycles. The Morgan fingerprint density at radius 1 is 0.882 bits per heavy atom. The number of anilines is 1. The Bertz CT molecular complexity index is 1330. The summed E-state index contributed by atoms with van der Waals surface area (Å²) >= 11 is 9.79. The van der Waals surface area contributed by atoms with Gasteiger partial charge in [-0.2, -0.15) is 0 Å². The summed E-state index contributed by atoms with van der Waals surface area (Å²) in [6.07, 6.45) is 5.69. The number of nitrogen functional groups attached to an aromatic ring is 1. The van der Waals surface area contributed by atoms with Gasteiger partial charge in [0.1, 0.15) is 11.5 Å². The number of pyridine rings is 2. The van der Waals surface area contributed by atoms with E-state index in [1.807, 2.05) is 83.5 Å². The topological polar surface area (TPSA) is 73.3 Å². The third-order valence-electron chi connectivity index (χ3n) is 4.45. The molecule has 0 saturated carbocycles. The summed E-state index contributed by atoms with van der Waals surface area (Å²) < 4.78 is 4.03. The molecule has 0 amide bonds. The van der Waals surface area contributed by atoms with E-state index in [9.17, 15) is 4.79 Å². The zero-order valence-electron chi connectivity index (χ0n) is 18.0. The Labute approximate surface area is 223 Å². The molecular formula is C26H21Br3N4O. The number of hydrogen-bond donors (Lipinski definition) is 1. The quantitative estimate of drug-likeness (QED) is 0.164. The number of aromatic nitrogens is 3. The van der Waals surface area contributed by atoms with Crippen LogP contribution < -0.4 is 5.73 Å². The molecular weight excluding hydrogens is 624 g/mol. The second-order valence-corrected chi connectivity index (χ2v) is 9.32. The number of carbonyl (C=O) groups excluding carboxylic acids is 1. The number of carbonyl (C=O) groups is 1. The molecule has 0 radical (unpaired) electrons. The number of fused-ring (bicyclic) bond motifs is 1. The molecule has 0 atom stereocenters. The molecule has 34 heavy (non-hydrogen) atoms. The van der Waals surface area contributed by atoms with E-state index in [0.29, 0.717) is 11.1 Å². The number of benzene rings is 2. The second-order valence-electron chi connectivity index (χ2n) is 6.92. The number of imidazole rings is 1. The number of halogens is 3. The Hall–Kier alpha value is -2.81. The van der Waals surface area contributed by atoms with Gasteiger partial charge in [0.15, 0.2) is 5.78 Å². The minimum absolute atomic E-state index is 0.126. The number of Topliss-reactive ketones (excluding diaryl/α,β-unsaturated/α-hetero) is 1. The van der Waals surface area contributed by atoms with Gasteiger partial charge in [-0.05, 0) is 24.3 Å². The van der Waals surface area contributed by atoms with Crippen molar-refractivity contribution in [3.05, 3.63) is 118 Å². The van der Waals surface area contributed by atoms with Crippen LogP contribution in [0.1, 0.15) is 10.4 Å².